The lowest BCUT2D eigenvalue weighted by atomic mass is 10.0. The first kappa shape index (κ1) is 15.4. The van der Waals surface area contributed by atoms with Gasteiger partial charge in [-0.2, -0.15) is 0 Å². The maximum Gasteiger partial charge on any atom is 0.145 e. The first-order chi connectivity index (χ1) is 10.2. The van der Waals surface area contributed by atoms with Gasteiger partial charge in [-0.05, 0) is 26.5 Å². The summed E-state index contributed by atoms with van der Waals surface area (Å²) in [6.07, 6.45) is 6.13. The summed E-state index contributed by atoms with van der Waals surface area (Å²) >= 11 is 0. The Labute approximate surface area is 125 Å². The molecule has 1 unspecified atom stereocenters. The van der Waals surface area contributed by atoms with Crippen molar-refractivity contribution in [1.82, 2.24) is 20.3 Å². The van der Waals surface area contributed by atoms with E-state index < -0.39 is 0 Å². The van der Waals surface area contributed by atoms with E-state index in [2.05, 4.69) is 27.2 Å². The summed E-state index contributed by atoms with van der Waals surface area (Å²) in [6.45, 7) is 6.98. The van der Waals surface area contributed by atoms with Crippen LogP contribution in [0, 0.1) is 13.8 Å². The second kappa shape index (κ2) is 7.13. The molecule has 5 heteroatoms. The van der Waals surface area contributed by atoms with Crippen LogP contribution < -0.4 is 10.1 Å². The third kappa shape index (κ3) is 3.55. The predicted octanol–water partition coefficient (Wildman–Crippen LogP) is 2.39. The van der Waals surface area contributed by atoms with Crippen LogP contribution in [0.4, 0.5) is 0 Å². The molecular weight excluding hydrogens is 264 g/mol. The highest BCUT2D eigenvalue weighted by molar-refractivity contribution is 5.41. The number of hydrogen-bond donors (Lipinski definition) is 1. The molecule has 0 aliphatic rings. The van der Waals surface area contributed by atoms with Gasteiger partial charge in [0.25, 0.3) is 0 Å². The van der Waals surface area contributed by atoms with Crippen LogP contribution in [0.2, 0.25) is 0 Å². The molecule has 5 nitrogen and oxygen atoms in total. The smallest absolute Gasteiger partial charge is 0.145 e. The maximum atomic E-state index is 5.47. The normalized spacial score (nSPS) is 12.2. The molecule has 2 heterocycles. The Kier molecular flexibility index (Phi) is 5.22. The van der Waals surface area contributed by atoms with E-state index in [9.17, 15) is 0 Å². The Hall–Kier alpha value is -2.01. The zero-order valence-corrected chi connectivity index (χ0v) is 13.1. The maximum absolute atomic E-state index is 5.47. The lowest BCUT2D eigenvalue weighted by Crippen LogP contribution is -2.25. The Morgan fingerprint density at radius 3 is 2.52 bits per heavy atom. The quantitative estimate of drug-likeness (QED) is 0.883. The Bertz CT molecular complexity index is 586. The molecule has 21 heavy (non-hydrogen) atoms. The average molecular weight is 286 g/mol. The highest BCUT2D eigenvalue weighted by atomic mass is 16.5. The second-order valence-electron chi connectivity index (χ2n) is 4.97. The summed E-state index contributed by atoms with van der Waals surface area (Å²) in [4.78, 5) is 13.3. The van der Waals surface area contributed by atoms with Gasteiger partial charge in [0.15, 0.2) is 0 Å². The van der Waals surface area contributed by atoms with Crippen molar-refractivity contribution in [3.8, 4) is 5.75 Å². The Morgan fingerprint density at radius 2 is 1.90 bits per heavy atom. The average Bonchev–Trinajstić information content (AvgIpc) is 2.51. The van der Waals surface area contributed by atoms with Crippen LogP contribution in [0.5, 0.6) is 5.75 Å². The number of likely N-dealkylation sites (N-methyl/N-ethyl adjacent to an activating group) is 1. The molecule has 1 N–H and O–H groups in total. The largest absolute Gasteiger partial charge is 0.496 e. The van der Waals surface area contributed by atoms with Crippen LogP contribution in [0.15, 0.2) is 24.7 Å². The highest BCUT2D eigenvalue weighted by Gasteiger charge is 2.18. The Morgan fingerprint density at radius 1 is 1.19 bits per heavy atom. The van der Waals surface area contributed by atoms with Crippen molar-refractivity contribution in [2.75, 3.05) is 13.7 Å². The third-order valence-corrected chi connectivity index (χ3v) is 3.50. The lowest BCUT2D eigenvalue weighted by Gasteiger charge is -2.18. The molecule has 0 saturated heterocycles. The Balaban J connectivity index is 2.29. The lowest BCUT2D eigenvalue weighted by molar-refractivity contribution is 0.406. The number of nitrogens with zero attached hydrogens (tertiary/aromatic N) is 3. The summed E-state index contributed by atoms with van der Waals surface area (Å²) in [7, 11) is 1.70. The van der Waals surface area contributed by atoms with Crippen molar-refractivity contribution in [3.05, 3.63) is 47.3 Å². The minimum Gasteiger partial charge on any atom is -0.496 e. The molecule has 112 valence electrons. The summed E-state index contributed by atoms with van der Waals surface area (Å²) < 4.78 is 5.47. The van der Waals surface area contributed by atoms with Gasteiger partial charge in [-0.25, -0.2) is 9.97 Å². The van der Waals surface area contributed by atoms with E-state index in [1.54, 1.807) is 19.5 Å². The molecule has 1 atom stereocenters. The molecule has 0 amide bonds. The van der Waals surface area contributed by atoms with E-state index in [1.807, 2.05) is 26.1 Å². The second-order valence-corrected chi connectivity index (χ2v) is 4.97. The molecular formula is C16H22N4O. The van der Waals surface area contributed by atoms with Gasteiger partial charge in [0.1, 0.15) is 11.6 Å². The molecule has 0 aliphatic heterocycles. The molecule has 0 radical (unpaired) electrons. The van der Waals surface area contributed by atoms with Crippen molar-refractivity contribution in [3.63, 3.8) is 0 Å². The molecule has 2 rings (SSSR count). The summed E-state index contributed by atoms with van der Waals surface area (Å²) in [5.74, 6) is 1.70. The topological polar surface area (TPSA) is 59.9 Å². The monoisotopic (exact) mass is 286 g/mol. The summed E-state index contributed by atoms with van der Waals surface area (Å²) in [6, 6.07) is 1.88. The van der Waals surface area contributed by atoms with E-state index in [-0.39, 0.29) is 6.04 Å². The van der Waals surface area contributed by atoms with Crippen molar-refractivity contribution in [2.45, 2.75) is 33.2 Å². The molecule has 0 aromatic carbocycles. The predicted molar refractivity (Wildman–Crippen MR) is 82.4 cm³/mol. The standard InChI is InChI=1S/C16H22N4O/c1-5-17-14(16-18-7-6-8-19-16)9-13-12(3)15(21-4)11(2)10-20-13/h6-8,10,14,17H,5,9H2,1-4H3. The van der Waals surface area contributed by atoms with E-state index in [4.69, 9.17) is 4.74 Å². The molecule has 0 aliphatic carbocycles. The minimum absolute atomic E-state index is 0.0508. The number of ether oxygens (including phenoxy) is 1. The van der Waals surface area contributed by atoms with Crippen molar-refractivity contribution in [2.24, 2.45) is 0 Å². The SMILES string of the molecule is CCNC(Cc1ncc(C)c(OC)c1C)c1ncccn1. The molecule has 2 aromatic heterocycles. The van der Waals surface area contributed by atoms with Crippen LogP contribution in [-0.4, -0.2) is 28.6 Å². The zero-order chi connectivity index (χ0) is 15.2. The van der Waals surface area contributed by atoms with Gasteiger partial charge < -0.3 is 10.1 Å². The van der Waals surface area contributed by atoms with Gasteiger partial charge >= 0.3 is 0 Å². The fourth-order valence-electron chi connectivity index (χ4n) is 2.46. The number of pyridine rings is 1. The minimum atomic E-state index is 0.0508. The molecule has 0 spiro atoms. The van der Waals surface area contributed by atoms with Gasteiger partial charge in [0.2, 0.25) is 0 Å². The number of aromatic nitrogens is 3. The number of nitrogens with one attached hydrogen (secondary N) is 1. The van der Waals surface area contributed by atoms with Crippen molar-refractivity contribution >= 4 is 0 Å². The van der Waals surface area contributed by atoms with Gasteiger partial charge in [0.05, 0.1) is 13.2 Å². The first-order valence-electron chi connectivity index (χ1n) is 7.16. The molecule has 2 aromatic rings. The van der Waals surface area contributed by atoms with Crippen molar-refractivity contribution < 1.29 is 4.74 Å². The van der Waals surface area contributed by atoms with Gasteiger partial charge in [-0.15, -0.1) is 0 Å². The molecule has 0 saturated carbocycles. The van der Waals surface area contributed by atoms with Gasteiger partial charge in [0, 0.05) is 41.8 Å². The van der Waals surface area contributed by atoms with Crippen LogP contribution in [0.1, 0.15) is 35.6 Å². The van der Waals surface area contributed by atoms with Crippen LogP contribution in [-0.2, 0) is 6.42 Å². The summed E-state index contributed by atoms with van der Waals surface area (Å²) in [5, 5.41) is 3.42. The highest BCUT2D eigenvalue weighted by Crippen LogP contribution is 2.26. The van der Waals surface area contributed by atoms with E-state index in [0.29, 0.717) is 0 Å². The molecule has 0 fully saturated rings. The van der Waals surface area contributed by atoms with E-state index in [1.165, 1.54) is 0 Å². The number of aryl methyl sites for hydroxylation is 1. The fourth-order valence-corrected chi connectivity index (χ4v) is 2.46. The fraction of sp³-hybridized carbons (Fsp3) is 0.438. The van der Waals surface area contributed by atoms with E-state index in [0.717, 1.165) is 41.4 Å². The molecule has 0 bridgehead atoms. The van der Waals surface area contributed by atoms with Crippen LogP contribution >= 0.6 is 0 Å². The number of rotatable bonds is 6. The van der Waals surface area contributed by atoms with Crippen molar-refractivity contribution in [1.29, 1.82) is 0 Å². The summed E-state index contributed by atoms with van der Waals surface area (Å²) in [5.41, 5.74) is 3.14. The van der Waals surface area contributed by atoms with Crippen LogP contribution in [0.25, 0.3) is 0 Å². The number of methoxy groups -OCH3 is 1. The van der Waals surface area contributed by atoms with Crippen LogP contribution in [0.3, 0.4) is 0 Å². The first-order valence-corrected chi connectivity index (χ1v) is 7.16. The van der Waals surface area contributed by atoms with Gasteiger partial charge in [-0.3, -0.25) is 4.98 Å². The zero-order valence-electron chi connectivity index (χ0n) is 13.1. The number of hydrogen-bond acceptors (Lipinski definition) is 5. The van der Waals surface area contributed by atoms with Gasteiger partial charge in [-0.1, -0.05) is 6.92 Å². The van der Waals surface area contributed by atoms with E-state index >= 15 is 0 Å². The third-order valence-electron chi connectivity index (χ3n) is 3.50.